The fraction of sp³-hybridized carbons (Fsp3) is 0.350. The van der Waals surface area contributed by atoms with Gasteiger partial charge in [0, 0.05) is 12.5 Å². The fourth-order valence-corrected chi connectivity index (χ4v) is 2.71. The van der Waals surface area contributed by atoms with Crippen LogP contribution in [0.5, 0.6) is 0 Å². The van der Waals surface area contributed by atoms with E-state index in [0.29, 0.717) is 12.3 Å². The van der Waals surface area contributed by atoms with E-state index >= 15 is 0 Å². The Balaban J connectivity index is 2.00. The minimum absolute atomic E-state index is 0.00384. The van der Waals surface area contributed by atoms with E-state index in [1.165, 1.54) is 0 Å². The number of hydrogen-bond donors (Lipinski definition) is 2. The first kappa shape index (κ1) is 17.2. The van der Waals surface area contributed by atoms with Crippen LogP contribution >= 0.6 is 0 Å². The summed E-state index contributed by atoms with van der Waals surface area (Å²) >= 11 is 0. The van der Waals surface area contributed by atoms with E-state index in [2.05, 4.69) is 31.3 Å². The van der Waals surface area contributed by atoms with Crippen LogP contribution in [0, 0.1) is 5.92 Å². The minimum atomic E-state index is -0.272. The predicted octanol–water partition coefficient (Wildman–Crippen LogP) is 3.98. The van der Waals surface area contributed by atoms with Gasteiger partial charge in [0.05, 0.1) is 6.04 Å². The van der Waals surface area contributed by atoms with Crippen molar-refractivity contribution in [3.8, 4) is 0 Å². The lowest BCUT2D eigenvalue weighted by Gasteiger charge is -2.22. The molecule has 0 bridgehead atoms. The first-order valence-corrected chi connectivity index (χ1v) is 8.21. The summed E-state index contributed by atoms with van der Waals surface area (Å²) in [5.74, 6) is 0.499. The molecule has 0 aliphatic rings. The van der Waals surface area contributed by atoms with Crippen LogP contribution in [0.15, 0.2) is 60.7 Å². The van der Waals surface area contributed by atoms with Crippen LogP contribution in [-0.2, 0) is 4.79 Å². The molecule has 1 amide bonds. The summed E-state index contributed by atoms with van der Waals surface area (Å²) in [6.07, 6.45) is 1.21. The van der Waals surface area contributed by atoms with Crippen LogP contribution in [0.4, 0.5) is 0 Å². The highest BCUT2D eigenvalue weighted by Crippen LogP contribution is 2.22. The number of carbonyl (C=O) groups is 1. The molecule has 2 atom stereocenters. The zero-order valence-electron chi connectivity index (χ0n) is 13.9. The van der Waals surface area contributed by atoms with Crippen LogP contribution in [0.25, 0.3) is 0 Å². The van der Waals surface area contributed by atoms with Crippen molar-refractivity contribution >= 4 is 5.91 Å². The fourth-order valence-electron chi connectivity index (χ4n) is 2.71. The first-order valence-electron chi connectivity index (χ1n) is 8.21. The number of nitrogens with two attached hydrogens (primary N) is 1. The van der Waals surface area contributed by atoms with E-state index in [1.54, 1.807) is 0 Å². The van der Waals surface area contributed by atoms with Gasteiger partial charge in [-0.2, -0.15) is 0 Å². The molecule has 3 N–H and O–H groups in total. The molecule has 0 saturated heterocycles. The van der Waals surface area contributed by atoms with Gasteiger partial charge in [-0.15, -0.1) is 0 Å². The van der Waals surface area contributed by atoms with Crippen LogP contribution in [0.3, 0.4) is 0 Å². The zero-order chi connectivity index (χ0) is 16.7. The van der Waals surface area contributed by atoms with Crippen molar-refractivity contribution in [2.75, 3.05) is 0 Å². The van der Waals surface area contributed by atoms with Gasteiger partial charge in [-0.25, -0.2) is 0 Å². The van der Waals surface area contributed by atoms with Crippen LogP contribution in [0.1, 0.15) is 49.9 Å². The average Bonchev–Trinajstić information content (AvgIpc) is 2.55. The van der Waals surface area contributed by atoms with E-state index < -0.39 is 0 Å². The highest BCUT2D eigenvalue weighted by molar-refractivity contribution is 5.77. The van der Waals surface area contributed by atoms with Gasteiger partial charge in [-0.1, -0.05) is 74.5 Å². The van der Waals surface area contributed by atoms with Gasteiger partial charge in [-0.3, -0.25) is 4.79 Å². The molecule has 0 spiro atoms. The van der Waals surface area contributed by atoms with Gasteiger partial charge in [-0.05, 0) is 23.5 Å². The Morgan fingerprint density at radius 2 is 1.48 bits per heavy atom. The molecule has 0 saturated carbocycles. The molecule has 3 nitrogen and oxygen atoms in total. The Hall–Kier alpha value is -2.13. The van der Waals surface area contributed by atoms with E-state index in [1.807, 2.05) is 48.5 Å². The Morgan fingerprint density at radius 1 is 0.957 bits per heavy atom. The van der Waals surface area contributed by atoms with Gasteiger partial charge in [0.1, 0.15) is 0 Å². The van der Waals surface area contributed by atoms with E-state index in [0.717, 1.165) is 17.5 Å². The maximum Gasteiger partial charge on any atom is 0.222 e. The molecule has 0 fully saturated rings. The van der Waals surface area contributed by atoms with Crippen molar-refractivity contribution in [1.29, 1.82) is 0 Å². The monoisotopic (exact) mass is 310 g/mol. The number of hydrogen-bond acceptors (Lipinski definition) is 2. The summed E-state index contributed by atoms with van der Waals surface area (Å²) in [6, 6.07) is 19.6. The molecule has 0 aromatic heterocycles. The summed E-state index contributed by atoms with van der Waals surface area (Å²) in [5.41, 5.74) is 8.28. The molecular weight excluding hydrogens is 284 g/mol. The lowest BCUT2D eigenvalue weighted by Crippen LogP contribution is -2.32. The van der Waals surface area contributed by atoms with Gasteiger partial charge < -0.3 is 11.1 Å². The van der Waals surface area contributed by atoms with Crippen LogP contribution < -0.4 is 11.1 Å². The first-order chi connectivity index (χ1) is 11.1. The lowest BCUT2D eigenvalue weighted by molar-refractivity contribution is -0.122. The Bertz CT molecular complexity index is 596. The van der Waals surface area contributed by atoms with Crippen molar-refractivity contribution in [2.45, 2.75) is 38.8 Å². The molecule has 122 valence electrons. The maximum absolute atomic E-state index is 12.4. The number of amides is 1. The Kier molecular flexibility index (Phi) is 6.36. The van der Waals surface area contributed by atoms with Crippen LogP contribution in [-0.4, -0.2) is 5.91 Å². The third-order valence-electron chi connectivity index (χ3n) is 3.88. The molecule has 0 radical (unpaired) electrons. The smallest absolute Gasteiger partial charge is 0.222 e. The molecular formula is C20H26N2O. The topological polar surface area (TPSA) is 55.1 Å². The molecule has 0 heterocycles. The van der Waals surface area contributed by atoms with E-state index in [4.69, 9.17) is 5.73 Å². The molecule has 0 aliphatic heterocycles. The molecule has 3 heteroatoms. The second-order valence-electron chi connectivity index (χ2n) is 6.38. The molecule has 23 heavy (non-hydrogen) atoms. The average molecular weight is 310 g/mol. The largest absolute Gasteiger partial charge is 0.349 e. The number of rotatable bonds is 7. The lowest BCUT2D eigenvalue weighted by atomic mass is 9.96. The summed E-state index contributed by atoms with van der Waals surface area (Å²) in [4.78, 5) is 12.4. The molecule has 2 aromatic rings. The quantitative estimate of drug-likeness (QED) is 0.812. The third kappa shape index (κ3) is 5.53. The second kappa shape index (κ2) is 8.49. The van der Waals surface area contributed by atoms with Gasteiger partial charge in [0.25, 0.3) is 0 Å². The SMILES string of the molecule is CC(C)CC(NC(=O)CC(N)c1ccccc1)c1ccccc1. The van der Waals surface area contributed by atoms with Crippen molar-refractivity contribution < 1.29 is 4.79 Å². The summed E-state index contributed by atoms with van der Waals surface area (Å²) in [5, 5.41) is 3.15. The number of benzene rings is 2. The number of nitrogens with one attached hydrogen (secondary N) is 1. The van der Waals surface area contributed by atoms with Crippen molar-refractivity contribution in [3.63, 3.8) is 0 Å². The summed E-state index contributed by atoms with van der Waals surface area (Å²) in [7, 11) is 0. The predicted molar refractivity (Wildman–Crippen MR) is 94.8 cm³/mol. The van der Waals surface area contributed by atoms with Gasteiger partial charge >= 0.3 is 0 Å². The summed E-state index contributed by atoms with van der Waals surface area (Å²) in [6.45, 7) is 4.33. The highest BCUT2D eigenvalue weighted by atomic mass is 16.1. The molecule has 0 aliphatic carbocycles. The number of carbonyl (C=O) groups excluding carboxylic acids is 1. The highest BCUT2D eigenvalue weighted by Gasteiger charge is 2.18. The Morgan fingerprint density at radius 3 is 2.00 bits per heavy atom. The van der Waals surface area contributed by atoms with Crippen molar-refractivity contribution in [2.24, 2.45) is 11.7 Å². The van der Waals surface area contributed by atoms with Crippen molar-refractivity contribution in [1.82, 2.24) is 5.32 Å². The molecule has 2 unspecified atom stereocenters. The minimum Gasteiger partial charge on any atom is -0.349 e. The normalized spacial score (nSPS) is 13.6. The van der Waals surface area contributed by atoms with E-state index in [9.17, 15) is 4.79 Å². The van der Waals surface area contributed by atoms with Gasteiger partial charge in [0.15, 0.2) is 0 Å². The second-order valence-corrected chi connectivity index (χ2v) is 6.38. The molecule has 2 rings (SSSR count). The van der Waals surface area contributed by atoms with Gasteiger partial charge in [0.2, 0.25) is 5.91 Å². The maximum atomic E-state index is 12.4. The standard InChI is InChI=1S/C20H26N2O/c1-15(2)13-19(17-11-7-4-8-12-17)22-20(23)14-18(21)16-9-5-3-6-10-16/h3-12,15,18-19H,13-14,21H2,1-2H3,(H,22,23). The molecule has 2 aromatic carbocycles. The zero-order valence-corrected chi connectivity index (χ0v) is 13.9. The third-order valence-corrected chi connectivity index (χ3v) is 3.88. The summed E-state index contributed by atoms with van der Waals surface area (Å²) < 4.78 is 0. The Labute approximate surface area is 138 Å². The van der Waals surface area contributed by atoms with E-state index in [-0.39, 0.29) is 18.0 Å². The van der Waals surface area contributed by atoms with Crippen molar-refractivity contribution in [3.05, 3.63) is 71.8 Å². The van der Waals surface area contributed by atoms with Crippen LogP contribution in [0.2, 0.25) is 0 Å².